The number of aromatic nitrogens is 2. The first kappa shape index (κ1) is 17.9. The third-order valence-corrected chi connectivity index (χ3v) is 5.64. The van der Waals surface area contributed by atoms with Crippen molar-refractivity contribution in [3.63, 3.8) is 0 Å². The highest BCUT2D eigenvalue weighted by Gasteiger charge is 2.22. The molecule has 2 heterocycles. The molecule has 5 nitrogen and oxygen atoms in total. The molecule has 1 aliphatic heterocycles. The SMILES string of the molecule is Cc1ccc(Cc2nsc(N(C)CC(=O)N3CCC(C)CC3)n2)cc1. The van der Waals surface area contributed by atoms with E-state index in [2.05, 4.69) is 47.5 Å². The van der Waals surface area contributed by atoms with Gasteiger partial charge in [0, 0.05) is 38.1 Å². The average Bonchev–Trinajstić information content (AvgIpc) is 3.06. The number of amides is 1. The number of carbonyl (C=O) groups excluding carboxylic acids is 1. The van der Waals surface area contributed by atoms with Crippen LogP contribution in [0.3, 0.4) is 0 Å². The first-order valence-corrected chi connectivity index (χ1v) is 9.65. The van der Waals surface area contributed by atoms with E-state index < -0.39 is 0 Å². The van der Waals surface area contributed by atoms with E-state index in [0.29, 0.717) is 6.54 Å². The van der Waals surface area contributed by atoms with E-state index in [1.165, 1.54) is 22.7 Å². The van der Waals surface area contributed by atoms with Gasteiger partial charge in [0.25, 0.3) is 0 Å². The van der Waals surface area contributed by atoms with Crippen LogP contribution >= 0.6 is 11.5 Å². The maximum atomic E-state index is 12.5. The van der Waals surface area contributed by atoms with Crippen LogP contribution in [0.2, 0.25) is 0 Å². The average molecular weight is 359 g/mol. The van der Waals surface area contributed by atoms with Crippen molar-refractivity contribution in [2.75, 3.05) is 31.6 Å². The predicted octanol–water partition coefficient (Wildman–Crippen LogP) is 3.13. The quantitative estimate of drug-likeness (QED) is 0.824. The molecule has 1 aliphatic rings. The van der Waals surface area contributed by atoms with E-state index in [1.54, 1.807) is 0 Å². The first-order valence-electron chi connectivity index (χ1n) is 8.88. The number of likely N-dealkylation sites (tertiary alicyclic amines) is 1. The van der Waals surface area contributed by atoms with Gasteiger partial charge in [0.15, 0.2) is 0 Å². The van der Waals surface area contributed by atoms with Crippen LogP contribution in [0.25, 0.3) is 0 Å². The summed E-state index contributed by atoms with van der Waals surface area (Å²) in [4.78, 5) is 20.9. The highest BCUT2D eigenvalue weighted by Crippen LogP contribution is 2.20. The minimum atomic E-state index is 0.185. The molecule has 0 bridgehead atoms. The van der Waals surface area contributed by atoms with Crippen LogP contribution in [0.4, 0.5) is 5.13 Å². The number of piperidine rings is 1. The summed E-state index contributed by atoms with van der Waals surface area (Å²) >= 11 is 1.36. The van der Waals surface area contributed by atoms with E-state index in [9.17, 15) is 4.79 Å². The van der Waals surface area contributed by atoms with Crippen LogP contribution in [0.5, 0.6) is 0 Å². The number of hydrogen-bond acceptors (Lipinski definition) is 5. The molecule has 0 atom stereocenters. The summed E-state index contributed by atoms with van der Waals surface area (Å²) in [7, 11) is 1.92. The number of anilines is 1. The van der Waals surface area contributed by atoms with Crippen molar-refractivity contribution < 1.29 is 4.79 Å². The largest absolute Gasteiger partial charge is 0.341 e. The van der Waals surface area contributed by atoms with E-state index in [0.717, 1.165) is 49.2 Å². The smallest absolute Gasteiger partial charge is 0.242 e. The summed E-state index contributed by atoms with van der Waals surface area (Å²) in [5.41, 5.74) is 2.46. The maximum absolute atomic E-state index is 12.5. The number of benzene rings is 1. The molecule has 25 heavy (non-hydrogen) atoms. The van der Waals surface area contributed by atoms with Crippen LogP contribution in [0.1, 0.15) is 36.7 Å². The van der Waals surface area contributed by atoms with Crippen molar-refractivity contribution in [2.24, 2.45) is 5.92 Å². The van der Waals surface area contributed by atoms with Gasteiger partial charge in [-0.2, -0.15) is 4.37 Å². The monoisotopic (exact) mass is 358 g/mol. The second-order valence-electron chi connectivity index (χ2n) is 7.07. The Bertz CT molecular complexity index is 704. The molecule has 0 spiro atoms. The molecule has 0 radical (unpaired) electrons. The van der Waals surface area contributed by atoms with Gasteiger partial charge < -0.3 is 9.80 Å². The van der Waals surface area contributed by atoms with Gasteiger partial charge in [-0.1, -0.05) is 36.8 Å². The van der Waals surface area contributed by atoms with Crippen molar-refractivity contribution in [1.29, 1.82) is 0 Å². The van der Waals surface area contributed by atoms with Crippen molar-refractivity contribution >= 4 is 22.6 Å². The third-order valence-electron chi connectivity index (χ3n) is 4.78. The number of hydrogen-bond donors (Lipinski definition) is 0. The Morgan fingerprint density at radius 2 is 1.96 bits per heavy atom. The van der Waals surface area contributed by atoms with Crippen LogP contribution in [-0.2, 0) is 11.2 Å². The molecule has 6 heteroatoms. The second-order valence-corrected chi connectivity index (χ2v) is 7.81. The molecule has 134 valence electrons. The molecule has 0 N–H and O–H groups in total. The van der Waals surface area contributed by atoms with Gasteiger partial charge in [-0.15, -0.1) is 0 Å². The van der Waals surface area contributed by atoms with Gasteiger partial charge in [-0.05, 0) is 31.2 Å². The molecule has 1 fully saturated rings. The lowest BCUT2D eigenvalue weighted by Gasteiger charge is -2.31. The van der Waals surface area contributed by atoms with Crippen LogP contribution < -0.4 is 4.90 Å². The lowest BCUT2D eigenvalue weighted by atomic mass is 9.99. The first-order chi connectivity index (χ1) is 12.0. The van der Waals surface area contributed by atoms with Gasteiger partial charge >= 0.3 is 0 Å². The topological polar surface area (TPSA) is 49.3 Å². The van der Waals surface area contributed by atoms with E-state index >= 15 is 0 Å². The number of rotatable bonds is 5. The van der Waals surface area contributed by atoms with Crippen molar-refractivity contribution in [3.05, 3.63) is 41.2 Å². The Balaban J connectivity index is 1.55. The molecule has 1 amide bonds. The fourth-order valence-electron chi connectivity index (χ4n) is 2.99. The summed E-state index contributed by atoms with van der Waals surface area (Å²) in [6.07, 6.45) is 2.94. The Hall–Kier alpha value is -1.95. The van der Waals surface area contributed by atoms with Gasteiger partial charge in [0.05, 0.1) is 6.54 Å². The van der Waals surface area contributed by atoms with Crippen LogP contribution in [0.15, 0.2) is 24.3 Å². The third kappa shape index (κ3) is 4.78. The number of aryl methyl sites for hydroxylation is 1. The zero-order valence-corrected chi connectivity index (χ0v) is 16.1. The summed E-state index contributed by atoms with van der Waals surface area (Å²) in [5.74, 6) is 1.73. The standard InChI is InChI=1S/C19H26N4OS/c1-14-4-6-16(7-5-14)12-17-20-19(25-21-17)22(3)13-18(24)23-10-8-15(2)9-11-23/h4-7,15H,8-13H2,1-3H3. The molecule has 0 saturated carbocycles. The molecule has 0 aliphatic carbocycles. The summed E-state index contributed by atoms with van der Waals surface area (Å²) < 4.78 is 4.45. The lowest BCUT2D eigenvalue weighted by Crippen LogP contribution is -2.43. The minimum Gasteiger partial charge on any atom is -0.341 e. The van der Waals surface area contributed by atoms with Crippen LogP contribution in [0, 0.1) is 12.8 Å². The molecule has 2 aromatic rings. The Morgan fingerprint density at radius 3 is 2.64 bits per heavy atom. The van der Waals surface area contributed by atoms with Crippen molar-refractivity contribution in [1.82, 2.24) is 14.3 Å². The van der Waals surface area contributed by atoms with E-state index in [-0.39, 0.29) is 5.91 Å². The summed E-state index contributed by atoms with van der Waals surface area (Å²) in [6, 6.07) is 8.43. The maximum Gasteiger partial charge on any atom is 0.242 e. The number of likely N-dealkylation sites (N-methyl/N-ethyl adjacent to an activating group) is 1. The molecule has 3 rings (SSSR count). The normalized spacial score (nSPS) is 15.4. The molecular formula is C19H26N4OS. The highest BCUT2D eigenvalue weighted by molar-refractivity contribution is 7.09. The Labute approximate surface area is 153 Å². The molecule has 1 saturated heterocycles. The van der Waals surface area contributed by atoms with E-state index in [4.69, 9.17) is 0 Å². The van der Waals surface area contributed by atoms with Gasteiger partial charge in [0.2, 0.25) is 11.0 Å². The van der Waals surface area contributed by atoms with Crippen molar-refractivity contribution in [2.45, 2.75) is 33.1 Å². The lowest BCUT2D eigenvalue weighted by molar-refractivity contribution is -0.130. The fraction of sp³-hybridized carbons (Fsp3) is 0.526. The second kappa shape index (κ2) is 7.95. The van der Waals surface area contributed by atoms with Gasteiger partial charge in [-0.3, -0.25) is 4.79 Å². The predicted molar refractivity (Wildman–Crippen MR) is 102 cm³/mol. The number of carbonyl (C=O) groups is 1. The Morgan fingerprint density at radius 1 is 1.28 bits per heavy atom. The Kier molecular flexibility index (Phi) is 5.68. The van der Waals surface area contributed by atoms with Gasteiger partial charge in [-0.25, -0.2) is 4.98 Å². The molecular weight excluding hydrogens is 332 g/mol. The zero-order chi connectivity index (χ0) is 17.8. The van der Waals surface area contributed by atoms with E-state index in [1.807, 2.05) is 16.8 Å². The summed E-state index contributed by atoms with van der Waals surface area (Å²) in [5, 5.41) is 0.806. The molecule has 1 aromatic carbocycles. The zero-order valence-electron chi connectivity index (χ0n) is 15.2. The molecule has 0 unspecified atom stereocenters. The summed E-state index contributed by atoms with van der Waals surface area (Å²) in [6.45, 7) is 6.46. The number of nitrogens with zero attached hydrogens (tertiary/aromatic N) is 4. The highest BCUT2D eigenvalue weighted by atomic mass is 32.1. The van der Waals surface area contributed by atoms with Crippen molar-refractivity contribution in [3.8, 4) is 0 Å². The fourth-order valence-corrected chi connectivity index (χ4v) is 3.63. The van der Waals surface area contributed by atoms with Gasteiger partial charge in [0.1, 0.15) is 5.82 Å². The van der Waals surface area contributed by atoms with Crippen LogP contribution in [-0.4, -0.2) is 46.8 Å². The molecule has 1 aromatic heterocycles. The minimum absolute atomic E-state index is 0.185.